The highest BCUT2D eigenvalue weighted by atomic mass is 16.5. The maximum Gasteiger partial charge on any atom is 0.308 e. The van der Waals surface area contributed by atoms with Crippen molar-refractivity contribution in [2.75, 3.05) is 6.61 Å². The number of carboxylic acids is 1. The molecule has 0 aromatic rings. The van der Waals surface area contributed by atoms with Crippen LogP contribution in [0.2, 0.25) is 0 Å². The molecule has 2 rings (SSSR count). The van der Waals surface area contributed by atoms with Crippen LogP contribution in [0.4, 0.5) is 0 Å². The second-order valence-electron chi connectivity index (χ2n) is 4.89. The first-order valence-corrected chi connectivity index (χ1v) is 6.30. The highest BCUT2D eigenvalue weighted by Gasteiger charge is 2.34. The van der Waals surface area contributed by atoms with E-state index in [1.807, 2.05) is 0 Å². The van der Waals surface area contributed by atoms with Gasteiger partial charge in [0, 0.05) is 12.6 Å². The van der Waals surface area contributed by atoms with Crippen molar-refractivity contribution in [3.63, 3.8) is 0 Å². The third-order valence-corrected chi connectivity index (χ3v) is 3.62. The van der Waals surface area contributed by atoms with E-state index in [1.165, 1.54) is 0 Å². The van der Waals surface area contributed by atoms with Crippen LogP contribution in [-0.4, -0.2) is 35.7 Å². The van der Waals surface area contributed by atoms with E-state index in [4.69, 9.17) is 9.84 Å². The van der Waals surface area contributed by atoms with Gasteiger partial charge in [-0.3, -0.25) is 9.59 Å². The van der Waals surface area contributed by atoms with Crippen LogP contribution in [0.3, 0.4) is 0 Å². The predicted molar refractivity (Wildman–Crippen MR) is 60.5 cm³/mol. The third kappa shape index (κ3) is 3.19. The summed E-state index contributed by atoms with van der Waals surface area (Å²) in [6.45, 7) is 0.735. The fourth-order valence-electron chi connectivity index (χ4n) is 2.71. The van der Waals surface area contributed by atoms with E-state index in [2.05, 4.69) is 5.32 Å². The van der Waals surface area contributed by atoms with Gasteiger partial charge in [0.2, 0.25) is 5.91 Å². The molecule has 0 radical (unpaired) electrons. The number of hydrogen-bond donors (Lipinski definition) is 2. The zero-order chi connectivity index (χ0) is 12.3. The minimum atomic E-state index is -0.801. The van der Waals surface area contributed by atoms with Gasteiger partial charge in [-0.2, -0.15) is 0 Å². The lowest BCUT2D eigenvalue weighted by Gasteiger charge is -2.18. The second-order valence-corrected chi connectivity index (χ2v) is 4.89. The summed E-state index contributed by atoms with van der Waals surface area (Å²) in [7, 11) is 0. The Morgan fingerprint density at radius 1 is 1.24 bits per heavy atom. The Balaban J connectivity index is 1.79. The molecular weight excluding hydrogens is 222 g/mol. The van der Waals surface area contributed by atoms with Crippen molar-refractivity contribution in [3.05, 3.63) is 0 Å². The first kappa shape index (κ1) is 12.4. The van der Waals surface area contributed by atoms with E-state index < -0.39 is 11.9 Å². The zero-order valence-electron chi connectivity index (χ0n) is 9.85. The molecular formula is C12H19NO4. The summed E-state index contributed by atoms with van der Waals surface area (Å²) >= 11 is 0. The summed E-state index contributed by atoms with van der Waals surface area (Å²) in [4.78, 5) is 22.7. The van der Waals surface area contributed by atoms with Gasteiger partial charge < -0.3 is 15.2 Å². The molecule has 2 fully saturated rings. The van der Waals surface area contributed by atoms with Gasteiger partial charge in [-0.05, 0) is 25.7 Å². The number of amides is 1. The van der Waals surface area contributed by atoms with Crippen molar-refractivity contribution in [1.82, 2.24) is 5.32 Å². The quantitative estimate of drug-likeness (QED) is 0.767. The largest absolute Gasteiger partial charge is 0.481 e. The van der Waals surface area contributed by atoms with Gasteiger partial charge in [0.1, 0.15) is 0 Å². The molecule has 96 valence electrons. The number of aliphatic carboxylic acids is 1. The molecule has 1 saturated carbocycles. The van der Waals surface area contributed by atoms with Crippen LogP contribution in [-0.2, 0) is 14.3 Å². The van der Waals surface area contributed by atoms with Gasteiger partial charge in [0.25, 0.3) is 0 Å². The van der Waals surface area contributed by atoms with Gasteiger partial charge in [0.15, 0.2) is 0 Å². The van der Waals surface area contributed by atoms with Gasteiger partial charge in [0.05, 0.1) is 18.4 Å². The summed E-state index contributed by atoms with van der Waals surface area (Å²) in [5, 5.41) is 11.8. The minimum absolute atomic E-state index is 0.0275. The van der Waals surface area contributed by atoms with Crippen molar-refractivity contribution in [1.29, 1.82) is 0 Å². The van der Waals surface area contributed by atoms with Gasteiger partial charge >= 0.3 is 5.97 Å². The van der Waals surface area contributed by atoms with Gasteiger partial charge in [-0.15, -0.1) is 0 Å². The Bertz CT molecular complexity index is 299. The summed E-state index contributed by atoms with van der Waals surface area (Å²) in [6, 6.07) is -0.193. The number of ether oxygens (including phenoxy) is 1. The molecule has 2 aliphatic rings. The molecule has 1 aliphatic carbocycles. The van der Waals surface area contributed by atoms with Crippen molar-refractivity contribution >= 4 is 11.9 Å². The molecule has 0 bridgehead atoms. The van der Waals surface area contributed by atoms with E-state index in [0.717, 1.165) is 32.3 Å². The Labute approximate surface area is 101 Å². The van der Waals surface area contributed by atoms with Crippen molar-refractivity contribution < 1.29 is 19.4 Å². The monoisotopic (exact) mass is 241 g/mol. The first-order valence-electron chi connectivity index (χ1n) is 6.30. The highest BCUT2D eigenvalue weighted by molar-refractivity contribution is 5.78. The van der Waals surface area contributed by atoms with E-state index >= 15 is 0 Å². The smallest absolute Gasteiger partial charge is 0.308 e. The molecule has 2 N–H and O–H groups in total. The molecule has 3 unspecified atom stereocenters. The average Bonchev–Trinajstić information content (AvgIpc) is 2.88. The lowest BCUT2D eigenvalue weighted by Crippen LogP contribution is -2.41. The topological polar surface area (TPSA) is 75.6 Å². The van der Waals surface area contributed by atoms with Crippen LogP contribution in [0.25, 0.3) is 0 Å². The number of hydrogen-bond acceptors (Lipinski definition) is 3. The van der Waals surface area contributed by atoms with Gasteiger partial charge in [-0.25, -0.2) is 0 Å². The Morgan fingerprint density at radius 2 is 2.06 bits per heavy atom. The summed E-state index contributed by atoms with van der Waals surface area (Å²) in [5.74, 6) is -1.29. The maximum absolute atomic E-state index is 11.7. The Hall–Kier alpha value is -1.10. The lowest BCUT2D eigenvalue weighted by molar-refractivity contribution is -0.142. The zero-order valence-corrected chi connectivity index (χ0v) is 9.85. The fourth-order valence-corrected chi connectivity index (χ4v) is 2.71. The Morgan fingerprint density at radius 3 is 2.71 bits per heavy atom. The fraction of sp³-hybridized carbons (Fsp3) is 0.833. The Kier molecular flexibility index (Phi) is 3.99. The molecule has 1 heterocycles. The van der Waals surface area contributed by atoms with E-state index in [9.17, 15) is 9.59 Å². The van der Waals surface area contributed by atoms with Crippen LogP contribution in [0.5, 0.6) is 0 Å². The molecule has 1 aliphatic heterocycles. The van der Waals surface area contributed by atoms with Gasteiger partial charge in [-0.1, -0.05) is 6.42 Å². The van der Waals surface area contributed by atoms with Crippen LogP contribution < -0.4 is 5.32 Å². The first-order chi connectivity index (χ1) is 8.16. The molecule has 0 aromatic heterocycles. The van der Waals surface area contributed by atoms with Crippen LogP contribution >= 0.6 is 0 Å². The van der Waals surface area contributed by atoms with Crippen molar-refractivity contribution in [3.8, 4) is 0 Å². The summed E-state index contributed by atoms with van der Waals surface area (Å²) < 4.78 is 5.39. The molecule has 1 saturated heterocycles. The van der Waals surface area contributed by atoms with E-state index in [0.29, 0.717) is 12.8 Å². The summed E-state index contributed by atoms with van der Waals surface area (Å²) in [6.07, 6.45) is 4.65. The molecule has 1 amide bonds. The standard InChI is InChI=1S/C12H19NO4/c14-11(7-8-3-2-6-17-8)13-10-5-1-4-9(10)12(15)16/h8-10H,1-7H2,(H,13,14)(H,15,16). The molecule has 0 aromatic carbocycles. The molecule has 17 heavy (non-hydrogen) atoms. The number of nitrogens with one attached hydrogen (secondary N) is 1. The maximum atomic E-state index is 11.7. The molecule has 5 nitrogen and oxygen atoms in total. The normalized spacial score (nSPS) is 32.6. The van der Waals surface area contributed by atoms with Crippen LogP contribution in [0.15, 0.2) is 0 Å². The second kappa shape index (κ2) is 5.49. The van der Waals surface area contributed by atoms with Crippen molar-refractivity contribution in [2.24, 2.45) is 5.92 Å². The molecule has 3 atom stereocenters. The van der Waals surface area contributed by atoms with Crippen molar-refractivity contribution in [2.45, 2.75) is 50.7 Å². The van der Waals surface area contributed by atoms with E-state index in [-0.39, 0.29) is 18.1 Å². The number of rotatable bonds is 4. The molecule has 5 heteroatoms. The average molecular weight is 241 g/mol. The molecule has 0 spiro atoms. The number of carbonyl (C=O) groups excluding carboxylic acids is 1. The van der Waals surface area contributed by atoms with E-state index in [1.54, 1.807) is 0 Å². The predicted octanol–water partition coefficient (Wildman–Crippen LogP) is 0.925. The minimum Gasteiger partial charge on any atom is -0.481 e. The number of carbonyl (C=O) groups is 2. The van der Waals surface area contributed by atoms with Crippen LogP contribution in [0.1, 0.15) is 38.5 Å². The number of carboxylic acid groups (broad SMARTS) is 1. The third-order valence-electron chi connectivity index (χ3n) is 3.62. The van der Waals surface area contributed by atoms with Crippen LogP contribution in [0, 0.1) is 5.92 Å². The lowest BCUT2D eigenvalue weighted by atomic mass is 10.0. The summed E-state index contributed by atoms with van der Waals surface area (Å²) in [5.41, 5.74) is 0. The highest BCUT2D eigenvalue weighted by Crippen LogP contribution is 2.26. The SMILES string of the molecule is O=C(CC1CCCO1)NC1CCCC1C(=O)O.